The van der Waals surface area contributed by atoms with Crippen LogP contribution in [0.25, 0.3) is 0 Å². The van der Waals surface area contributed by atoms with E-state index in [1.807, 2.05) is 0 Å². The molecule has 1 saturated heterocycles. The molecule has 0 spiro atoms. The van der Waals surface area contributed by atoms with Gasteiger partial charge in [0.25, 0.3) is 0 Å². The Morgan fingerprint density at radius 2 is 2.15 bits per heavy atom. The second-order valence-electron chi connectivity index (χ2n) is 6.03. The quantitative estimate of drug-likeness (QED) is 0.535. The number of alkyl halides is 3. The van der Waals surface area contributed by atoms with E-state index in [9.17, 15) is 28.1 Å². The average molecular weight is 396 g/mol. The Labute approximate surface area is 151 Å². The van der Waals surface area contributed by atoms with Gasteiger partial charge in [0.15, 0.2) is 0 Å². The van der Waals surface area contributed by atoms with Crippen LogP contribution in [-0.2, 0) is 10.9 Å². The molecular weight excluding hydrogens is 377 g/mol. The van der Waals surface area contributed by atoms with Crippen molar-refractivity contribution in [2.24, 2.45) is 0 Å². The third-order valence-electron chi connectivity index (χ3n) is 4.00. The summed E-state index contributed by atoms with van der Waals surface area (Å²) in [6.45, 7) is 1.73. The first-order valence-electron chi connectivity index (χ1n) is 8.15. The molecule has 2 N–H and O–H groups in total. The number of nitrogens with zero attached hydrogens (tertiary/aromatic N) is 3. The maximum atomic E-state index is 13.5. The molecule has 1 aromatic rings. The highest BCUT2D eigenvalue weighted by molar-refractivity contribution is 5.64. The summed E-state index contributed by atoms with van der Waals surface area (Å²) in [4.78, 5) is 20.6. The zero-order chi connectivity index (χ0) is 20.2. The second-order valence-corrected chi connectivity index (χ2v) is 6.03. The van der Waals surface area contributed by atoms with Gasteiger partial charge in [-0.1, -0.05) is 0 Å². The van der Waals surface area contributed by atoms with E-state index < -0.39 is 46.5 Å². The number of ether oxygens (including phenoxy) is 2. The van der Waals surface area contributed by atoms with Gasteiger partial charge in [-0.3, -0.25) is 10.1 Å². The average Bonchev–Trinajstić information content (AvgIpc) is 2.95. The summed E-state index contributed by atoms with van der Waals surface area (Å²) in [6, 6.07) is -1.25. The molecule has 13 heteroatoms. The maximum Gasteiger partial charge on any atom is 0.440 e. The largest absolute Gasteiger partial charge is 0.472 e. The van der Waals surface area contributed by atoms with Crippen molar-refractivity contribution in [3.05, 3.63) is 15.8 Å². The summed E-state index contributed by atoms with van der Waals surface area (Å²) >= 11 is 0. The Kier molecular flexibility index (Phi) is 6.46. The Hall–Kier alpha value is -2.57. The van der Waals surface area contributed by atoms with E-state index in [1.165, 1.54) is 6.92 Å². The summed E-state index contributed by atoms with van der Waals surface area (Å²) in [5.74, 6) is -0.735. The smallest absolute Gasteiger partial charge is 0.440 e. The van der Waals surface area contributed by atoms with E-state index in [0.717, 1.165) is 0 Å². The molecule has 0 bridgehead atoms. The summed E-state index contributed by atoms with van der Waals surface area (Å²) < 4.78 is 51.4. The normalized spacial score (nSPS) is 16.7. The van der Waals surface area contributed by atoms with Crippen molar-refractivity contribution >= 4 is 11.8 Å². The van der Waals surface area contributed by atoms with Crippen molar-refractivity contribution in [3.8, 4) is 5.88 Å². The Morgan fingerprint density at radius 1 is 1.52 bits per heavy atom. The van der Waals surface area contributed by atoms with Crippen LogP contribution in [0.1, 0.15) is 37.9 Å². The van der Waals surface area contributed by atoms with Gasteiger partial charge in [0.2, 0.25) is 5.69 Å². The van der Waals surface area contributed by atoms with Crippen LogP contribution in [0.3, 0.4) is 0 Å². The molecule has 1 aliphatic rings. The van der Waals surface area contributed by atoms with Gasteiger partial charge in [-0.2, -0.15) is 13.2 Å². The summed E-state index contributed by atoms with van der Waals surface area (Å²) in [5.41, 5.74) is -2.71. The zero-order valence-corrected chi connectivity index (χ0v) is 14.4. The molecule has 1 aliphatic heterocycles. The molecule has 0 radical (unpaired) electrons. The third-order valence-corrected chi connectivity index (χ3v) is 4.00. The topological polar surface area (TPSA) is 129 Å². The number of hydrogen-bond acceptors (Lipinski definition) is 6. The zero-order valence-electron chi connectivity index (χ0n) is 14.4. The number of nitro groups is 1. The minimum atomic E-state index is -4.99. The van der Waals surface area contributed by atoms with Crippen LogP contribution in [-0.4, -0.2) is 51.8 Å². The van der Waals surface area contributed by atoms with Gasteiger partial charge >= 0.3 is 23.8 Å². The van der Waals surface area contributed by atoms with Crippen LogP contribution >= 0.6 is 0 Å². The molecule has 2 heterocycles. The molecular formula is C14H19F3N4O6. The molecule has 1 unspecified atom stereocenters. The Bertz CT molecular complexity index is 687. The van der Waals surface area contributed by atoms with Gasteiger partial charge in [0.1, 0.15) is 0 Å². The van der Waals surface area contributed by atoms with Crippen molar-refractivity contribution in [2.45, 2.75) is 44.4 Å². The van der Waals surface area contributed by atoms with E-state index >= 15 is 0 Å². The van der Waals surface area contributed by atoms with Crippen LogP contribution in [0.2, 0.25) is 0 Å². The van der Waals surface area contributed by atoms with E-state index in [2.05, 4.69) is 10.4 Å². The number of aromatic nitrogens is 2. The molecule has 0 aliphatic carbocycles. The highest BCUT2D eigenvalue weighted by Crippen LogP contribution is 2.43. The fourth-order valence-corrected chi connectivity index (χ4v) is 2.74. The van der Waals surface area contributed by atoms with E-state index in [1.54, 1.807) is 0 Å². The van der Waals surface area contributed by atoms with Gasteiger partial charge < -0.3 is 19.9 Å². The van der Waals surface area contributed by atoms with E-state index in [4.69, 9.17) is 14.6 Å². The molecule has 10 nitrogen and oxygen atoms in total. The minimum absolute atomic E-state index is 0.0922. The molecule has 0 aromatic carbocycles. The third kappa shape index (κ3) is 5.21. The van der Waals surface area contributed by atoms with Crippen LogP contribution in [0.5, 0.6) is 5.88 Å². The molecule has 27 heavy (non-hydrogen) atoms. The number of carboxylic acid groups (broad SMARTS) is 1. The van der Waals surface area contributed by atoms with Crippen molar-refractivity contribution in [1.82, 2.24) is 15.1 Å². The first-order valence-corrected chi connectivity index (χ1v) is 8.15. The number of nitrogens with one attached hydrogen (secondary N) is 1. The highest BCUT2D eigenvalue weighted by atomic mass is 19.4. The van der Waals surface area contributed by atoms with Crippen molar-refractivity contribution in [3.63, 3.8) is 0 Å². The van der Waals surface area contributed by atoms with Gasteiger partial charge in [0, 0.05) is 25.7 Å². The summed E-state index contributed by atoms with van der Waals surface area (Å²) in [7, 11) is 0. The lowest BCUT2D eigenvalue weighted by Crippen LogP contribution is -2.32. The summed E-state index contributed by atoms with van der Waals surface area (Å²) in [6.07, 6.45) is -5.69. The van der Waals surface area contributed by atoms with Crippen LogP contribution in [0, 0.1) is 10.1 Å². The Balaban J connectivity index is 2.29. The van der Waals surface area contributed by atoms with Crippen molar-refractivity contribution in [1.29, 1.82) is 0 Å². The first kappa shape index (κ1) is 20.7. The predicted molar refractivity (Wildman–Crippen MR) is 83.7 cm³/mol. The van der Waals surface area contributed by atoms with Crippen LogP contribution in [0.4, 0.5) is 23.7 Å². The number of halogens is 3. The number of carbonyl (C=O) groups is 1. The van der Waals surface area contributed by atoms with E-state index in [0.29, 0.717) is 4.68 Å². The van der Waals surface area contributed by atoms with Gasteiger partial charge in [-0.15, -0.1) is 5.10 Å². The van der Waals surface area contributed by atoms with E-state index in [-0.39, 0.29) is 39.1 Å². The van der Waals surface area contributed by atoms with Gasteiger partial charge in [-0.25, -0.2) is 9.48 Å². The fourth-order valence-electron chi connectivity index (χ4n) is 2.74. The molecule has 1 aromatic heterocycles. The first-order chi connectivity index (χ1) is 12.6. The number of amides is 1. The monoisotopic (exact) mass is 396 g/mol. The standard InChI is InChI=1S/C14H19F3N4O6/c1-8(18-13(22)23)2-7-27-12-10(21(24)25)11(14(15,16)17)20(19-12)9-3-5-26-6-4-9/h8-9,18H,2-7H2,1H3,(H,22,23). The number of rotatable bonds is 7. The second kappa shape index (κ2) is 8.41. The number of hydrogen-bond donors (Lipinski definition) is 2. The highest BCUT2D eigenvalue weighted by Gasteiger charge is 2.48. The van der Waals surface area contributed by atoms with Crippen molar-refractivity contribution in [2.75, 3.05) is 19.8 Å². The molecule has 0 saturated carbocycles. The molecule has 2 rings (SSSR count). The van der Waals surface area contributed by atoms with Crippen molar-refractivity contribution < 1.29 is 37.5 Å². The SMILES string of the molecule is CC(CCOc1nn(C2CCOCC2)c(C(F)(F)F)c1[N+](=O)[O-])NC(=O)O. The van der Waals surface area contributed by atoms with Crippen LogP contribution in [0.15, 0.2) is 0 Å². The Morgan fingerprint density at radius 3 is 2.67 bits per heavy atom. The lowest BCUT2D eigenvalue weighted by molar-refractivity contribution is -0.389. The molecule has 1 amide bonds. The maximum absolute atomic E-state index is 13.5. The predicted octanol–water partition coefficient (Wildman–Crippen LogP) is 2.59. The molecule has 152 valence electrons. The lowest BCUT2D eigenvalue weighted by Gasteiger charge is -2.24. The minimum Gasteiger partial charge on any atom is -0.472 e. The molecule has 1 fully saturated rings. The molecule has 1 atom stereocenters. The summed E-state index contributed by atoms with van der Waals surface area (Å²) in [5, 5.41) is 25.7. The van der Waals surface area contributed by atoms with Crippen LogP contribution < -0.4 is 10.1 Å². The lowest BCUT2D eigenvalue weighted by atomic mass is 10.1. The van der Waals surface area contributed by atoms with Gasteiger partial charge in [0.05, 0.1) is 17.6 Å². The fraction of sp³-hybridized carbons (Fsp3) is 0.714. The van der Waals surface area contributed by atoms with Gasteiger partial charge in [-0.05, 0) is 19.8 Å².